The number of fused-ring (bicyclic) bond motifs is 1. The number of nitrogens with one attached hydrogen (secondary N) is 1. The van der Waals surface area contributed by atoms with Crippen LogP contribution in [0, 0.1) is 6.92 Å². The standard InChI is InChI=1S/C17H20N2O2S.ClH/c1-10-8-22-9-13(10)16(20)19-14-7-17(2,3)21-15-5-4-11(18)6-12(14)15;/h4-6,8-9,14H,7,18H2,1-3H3,(H,19,20);1H. The Hall–Kier alpha value is -1.72. The lowest BCUT2D eigenvalue weighted by molar-refractivity contribution is 0.0620. The van der Waals surface area contributed by atoms with Gasteiger partial charge in [0.15, 0.2) is 0 Å². The first kappa shape index (κ1) is 17.6. The highest BCUT2D eigenvalue weighted by Crippen LogP contribution is 2.40. The predicted molar refractivity (Wildman–Crippen MR) is 96.7 cm³/mol. The number of benzene rings is 1. The Bertz CT molecular complexity index is 727. The fraction of sp³-hybridized carbons (Fsp3) is 0.353. The minimum atomic E-state index is -0.329. The molecule has 1 aromatic carbocycles. The van der Waals surface area contributed by atoms with Crippen LogP contribution in [-0.2, 0) is 0 Å². The Kier molecular flexibility index (Phi) is 4.92. The van der Waals surface area contributed by atoms with Crippen molar-refractivity contribution in [3.05, 3.63) is 45.6 Å². The third-order valence-electron chi connectivity index (χ3n) is 3.90. The van der Waals surface area contributed by atoms with E-state index in [-0.39, 0.29) is 30.0 Å². The van der Waals surface area contributed by atoms with Crippen molar-refractivity contribution in [2.45, 2.75) is 38.8 Å². The van der Waals surface area contributed by atoms with Gasteiger partial charge in [0, 0.05) is 23.1 Å². The normalized spacial score (nSPS) is 18.3. The summed E-state index contributed by atoms with van der Waals surface area (Å²) in [6, 6.07) is 5.48. The molecule has 124 valence electrons. The smallest absolute Gasteiger partial charge is 0.252 e. The van der Waals surface area contributed by atoms with Crippen LogP contribution < -0.4 is 15.8 Å². The molecule has 2 aromatic rings. The van der Waals surface area contributed by atoms with Crippen molar-refractivity contribution in [2.24, 2.45) is 0 Å². The van der Waals surface area contributed by atoms with Crippen LogP contribution in [0.2, 0.25) is 0 Å². The molecule has 0 saturated carbocycles. The van der Waals surface area contributed by atoms with Gasteiger partial charge in [-0.25, -0.2) is 0 Å². The topological polar surface area (TPSA) is 64.3 Å². The molecule has 0 bridgehead atoms. The van der Waals surface area contributed by atoms with Crippen LogP contribution in [0.4, 0.5) is 5.69 Å². The molecular weight excluding hydrogens is 332 g/mol. The van der Waals surface area contributed by atoms with Crippen LogP contribution in [0.3, 0.4) is 0 Å². The molecule has 2 heterocycles. The molecule has 1 amide bonds. The Labute approximate surface area is 146 Å². The maximum Gasteiger partial charge on any atom is 0.252 e. The van der Waals surface area contributed by atoms with Gasteiger partial charge in [0.05, 0.1) is 11.6 Å². The summed E-state index contributed by atoms with van der Waals surface area (Å²) in [5.41, 5.74) is 8.92. The summed E-state index contributed by atoms with van der Waals surface area (Å²) in [5, 5.41) is 7.00. The number of nitrogens with two attached hydrogens (primary N) is 1. The van der Waals surface area contributed by atoms with Gasteiger partial charge < -0.3 is 15.8 Å². The van der Waals surface area contributed by atoms with E-state index in [1.807, 2.05) is 49.7 Å². The molecule has 0 aliphatic carbocycles. The van der Waals surface area contributed by atoms with Crippen molar-refractivity contribution in [3.63, 3.8) is 0 Å². The summed E-state index contributed by atoms with van der Waals surface area (Å²) < 4.78 is 6.00. The van der Waals surface area contributed by atoms with Crippen molar-refractivity contribution < 1.29 is 9.53 Å². The molecule has 23 heavy (non-hydrogen) atoms. The van der Waals surface area contributed by atoms with Crippen LogP contribution in [0.15, 0.2) is 29.0 Å². The predicted octanol–water partition coefficient (Wildman–Crippen LogP) is 4.09. The number of halogens is 1. The lowest BCUT2D eigenvalue weighted by Crippen LogP contribution is -2.41. The first-order chi connectivity index (χ1) is 10.4. The molecule has 3 N–H and O–H groups in total. The molecule has 1 atom stereocenters. The molecule has 1 aliphatic rings. The van der Waals surface area contributed by atoms with E-state index in [0.717, 1.165) is 22.4 Å². The maximum atomic E-state index is 12.5. The summed E-state index contributed by atoms with van der Waals surface area (Å²) in [4.78, 5) is 12.5. The maximum absolute atomic E-state index is 12.5. The zero-order valence-corrected chi connectivity index (χ0v) is 15.0. The molecule has 0 fully saturated rings. The van der Waals surface area contributed by atoms with E-state index < -0.39 is 0 Å². The minimum absolute atomic E-state index is 0. The summed E-state index contributed by atoms with van der Waals surface area (Å²) in [6.07, 6.45) is 0.707. The fourth-order valence-electron chi connectivity index (χ4n) is 2.83. The largest absolute Gasteiger partial charge is 0.487 e. The molecular formula is C17H21ClN2O2S. The van der Waals surface area contributed by atoms with Crippen molar-refractivity contribution >= 4 is 35.3 Å². The Morgan fingerprint density at radius 3 is 2.78 bits per heavy atom. The van der Waals surface area contributed by atoms with Gasteiger partial charge in [0.1, 0.15) is 11.4 Å². The Morgan fingerprint density at radius 1 is 1.39 bits per heavy atom. The third-order valence-corrected chi connectivity index (χ3v) is 4.76. The number of carbonyl (C=O) groups excluding carboxylic acids is 1. The van der Waals surface area contributed by atoms with Gasteiger partial charge in [-0.3, -0.25) is 4.79 Å². The zero-order chi connectivity index (χ0) is 15.9. The van der Waals surface area contributed by atoms with E-state index >= 15 is 0 Å². The summed E-state index contributed by atoms with van der Waals surface area (Å²) in [6.45, 7) is 6.01. The van der Waals surface area contributed by atoms with Gasteiger partial charge in [0.2, 0.25) is 0 Å². The quantitative estimate of drug-likeness (QED) is 0.800. The number of amides is 1. The minimum Gasteiger partial charge on any atom is -0.487 e. The second kappa shape index (κ2) is 6.42. The molecule has 1 aliphatic heterocycles. The number of hydrogen-bond donors (Lipinski definition) is 2. The van der Waals surface area contributed by atoms with Crippen LogP contribution in [0.1, 0.15) is 47.8 Å². The molecule has 4 nitrogen and oxygen atoms in total. The van der Waals surface area contributed by atoms with Crippen LogP contribution >= 0.6 is 23.7 Å². The van der Waals surface area contributed by atoms with Gasteiger partial charge >= 0.3 is 0 Å². The summed E-state index contributed by atoms with van der Waals surface area (Å²) in [5.74, 6) is 0.743. The number of thiophene rings is 1. The van der Waals surface area contributed by atoms with Gasteiger partial charge in [-0.15, -0.1) is 12.4 Å². The number of ether oxygens (including phenoxy) is 1. The SMILES string of the molecule is Cc1cscc1C(=O)NC1CC(C)(C)Oc2ccc(N)cc21.Cl. The first-order valence-electron chi connectivity index (χ1n) is 7.28. The molecule has 0 radical (unpaired) electrons. The number of nitrogen functional groups attached to an aromatic ring is 1. The van der Waals surface area contributed by atoms with Crippen LogP contribution in [-0.4, -0.2) is 11.5 Å². The number of aryl methyl sites for hydroxylation is 1. The van der Waals surface area contributed by atoms with E-state index in [1.165, 1.54) is 11.3 Å². The second-order valence-corrected chi connectivity index (χ2v) is 7.10. The average molecular weight is 353 g/mol. The molecule has 1 aromatic heterocycles. The van der Waals surface area contributed by atoms with E-state index in [0.29, 0.717) is 12.1 Å². The van der Waals surface area contributed by atoms with Crippen molar-refractivity contribution in [3.8, 4) is 5.75 Å². The van der Waals surface area contributed by atoms with E-state index in [4.69, 9.17) is 10.5 Å². The van der Waals surface area contributed by atoms with E-state index in [2.05, 4.69) is 5.32 Å². The van der Waals surface area contributed by atoms with Gasteiger partial charge in [-0.2, -0.15) is 11.3 Å². The Balaban J connectivity index is 0.00000192. The van der Waals surface area contributed by atoms with Crippen molar-refractivity contribution in [1.82, 2.24) is 5.32 Å². The van der Waals surface area contributed by atoms with Crippen LogP contribution in [0.25, 0.3) is 0 Å². The zero-order valence-electron chi connectivity index (χ0n) is 13.4. The van der Waals surface area contributed by atoms with Gasteiger partial charge in [0.25, 0.3) is 5.91 Å². The van der Waals surface area contributed by atoms with Gasteiger partial charge in [-0.1, -0.05) is 0 Å². The summed E-state index contributed by atoms with van der Waals surface area (Å²) in [7, 11) is 0. The van der Waals surface area contributed by atoms with Crippen molar-refractivity contribution in [2.75, 3.05) is 5.73 Å². The lowest BCUT2D eigenvalue weighted by Gasteiger charge is -2.38. The Morgan fingerprint density at radius 2 is 2.13 bits per heavy atom. The summed E-state index contributed by atoms with van der Waals surface area (Å²) >= 11 is 1.54. The average Bonchev–Trinajstić information content (AvgIpc) is 2.85. The molecule has 0 spiro atoms. The number of carbonyl (C=O) groups is 1. The van der Waals surface area contributed by atoms with E-state index in [1.54, 1.807) is 0 Å². The number of rotatable bonds is 2. The van der Waals surface area contributed by atoms with Gasteiger partial charge in [-0.05, 0) is 49.9 Å². The highest BCUT2D eigenvalue weighted by molar-refractivity contribution is 7.08. The molecule has 3 rings (SSSR count). The second-order valence-electron chi connectivity index (χ2n) is 6.36. The van der Waals surface area contributed by atoms with E-state index in [9.17, 15) is 4.79 Å². The fourth-order valence-corrected chi connectivity index (χ4v) is 3.66. The first-order valence-corrected chi connectivity index (χ1v) is 8.22. The molecule has 1 unspecified atom stereocenters. The molecule has 0 saturated heterocycles. The monoisotopic (exact) mass is 352 g/mol. The molecule has 6 heteroatoms. The third kappa shape index (κ3) is 3.62. The highest BCUT2D eigenvalue weighted by Gasteiger charge is 2.34. The highest BCUT2D eigenvalue weighted by atomic mass is 35.5. The number of anilines is 1. The van der Waals surface area contributed by atoms with Crippen molar-refractivity contribution in [1.29, 1.82) is 0 Å². The number of hydrogen-bond acceptors (Lipinski definition) is 4. The lowest BCUT2D eigenvalue weighted by atomic mass is 9.89. The van der Waals surface area contributed by atoms with Crippen LogP contribution in [0.5, 0.6) is 5.75 Å².